The lowest BCUT2D eigenvalue weighted by Gasteiger charge is -2.10. The highest BCUT2D eigenvalue weighted by molar-refractivity contribution is 6.30. The zero-order valence-electron chi connectivity index (χ0n) is 11.0. The normalized spacial score (nSPS) is 11.9. The molecule has 0 N–H and O–H groups in total. The van der Waals surface area contributed by atoms with E-state index >= 15 is 0 Å². The number of esters is 1. The number of carbonyl (C=O) groups excluding carboxylic acids is 1. The molecule has 0 fully saturated rings. The molecule has 1 unspecified atom stereocenters. The quantitative estimate of drug-likeness (QED) is 0.789. The Morgan fingerprint density at radius 3 is 3.00 bits per heavy atom. The Morgan fingerprint density at radius 2 is 2.30 bits per heavy atom. The summed E-state index contributed by atoms with van der Waals surface area (Å²) in [5, 5.41) is 4.11. The molecule has 1 atom stereocenters. The molecule has 0 aliphatic rings. The van der Waals surface area contributed by atoms with Crippen LogP contribution in [0.3, 0.4) is 0 Å². The molecule has 1 aromatic carbocycles. The van der Waals surface area contributed by atoms with Gasteiger partial charge in [-0.05, 0) is 37.2 Å². The molecule has 0 radical (unpaired) electrons. The smallest absolute Gasteiger partial charge is 0.379 e. The Kier molecular flexibility index (Phi) is 4.57. The van der Waals surface area contributed by atoms with E-state index in [-0.39, 0.29) is 18.3 Å². The lowest BCUT2D eigenvalue weighted by molar-refractivity contribution is 0.0508. The monoisotopic (exact) mass is 296 g/mol. The van der Waals surface area contributed by atoms with E-state index < -0.39 is 12.1 Å². The number of aromatic nitrogens is 2. The number of benzene rings is 1. The van der Waals surface area contributed by atoms with E-state index in [9.17, 15) is 4.79 Å². The molecule has 0 saturated heterocycles. The van der Waals surface area contributed by atoms with Crippen molar-refractivity contribution in [3.63, 3.8) is 0 Å². The summed E-state index contributed by atoms with van der Waals surface area (Å²) >= 11 is 5.86. The van der Waals surface area contributed by atoms with Gasteiger partial charge in [0, 0.05) is 5.02 Å². The summed E-state index contributed by atoms with van der Waals surface area (Å²) in [5.74, 6) is 0.00904. The Morgan fingerprint density at radius 1 is 1.50 bits per heavy atom. The minimum absolute atomic E-state index is 0.122. The second kappa shape index (κ2) is 6.38. The van der Waals surface area contributed by atoms with Crippen molar-refractivity contribution in [1.82, 2.24) is 10.1 Å². The Labute approximate surface area is 120 Å². The van der Waals surface area contributed by atoms with Gasteiger partial charge in [-0.3, -0.25) is 0 Å². The highest BCUT2D eigenvalue weighted by Crippen LogP contribution is 2.23. The number of halogens is 1. The predicted molar refractivity (Wildman–Crippen MR) is 70.7 cm³/mol. The molecule has 106 valence electrons. The summed E-state index contributed by atoms with van der Waals surface area (Å²) in [4.78, 5) is 15.4. The fourth-order valence-corrected chi connectivity index (χ4v) is 1.65. The highest BCUT2D eigenvalue weighted by Gasteiger charge is 2.20. The van der Waals surface area contributed by atoms with Crippen LogP contribution in [0.5, 0.6) is 5.75 Å². The van der Waals surface area contributed by atoms with Crippen LogP contribution >= 0.6 is 11.6 Å². The standard InChI is InChI=1S/C13H13ClN2O4/c1-3-18-13(17)11-15-12(20-16-11)8(2)19-10-6-4-5-9(14)7-10/h4-8H,3H2,1-2H3. The summed E-state index contributed by atoms with van der Waals surface area (Å²) in [6, 6.07) is 6.93. The SMILES string of the molecule is CCOC(=O)c1noc(C(C)Oc2cccc(Cl)c2)n1. The van der Waals surface area contributed by atoms with Crippen molar-refractivity contribution in [2.45, 2.75) is 20.0 Å². The van der Waals surface area contributed by atoms with Crippen LogP contribution in [0.2, 0.25) is 5.02 Å². The van der Waals surface area contributed by atoms with Gasteiger partial charge in [0.2, 0.25) is 0 Å². The maximum absolute atomic E-state index is 11.4. The average Bonchev–Trinajstić information content (AvgIpc) is 2.88. The van der Waals surface area contributed by atoms with E-state index in [1.165, 1.54) is 0 Å². The van der Waals surface area contributed by atoms with Crippen LogP contribution in [0, 0.1) is 0 Å². The average molecular weight is 297 g/mol. The van der Waals surface area contributed by atoms with Gasteiger partial charge < -0.3 is 14.0 Å². The molecule has 1 heterocycles. The van der Waals surface area contributed by atoms with Gasteiger partial charge in [0.1, 0.15) is 5.75 Å². The van der Waals surface area contributed by atoms with E-state index in [4.69, 9.17) is 25.6 Å². The third kappa shape index (κ3) is 3.48. The van der Waals surface area contributed by atoms with E-state index in [1.54, 1.807) is 38.1 Å². The summed E-state index contributed by atoms with van der Waals surface area (Å²) in [6.45, 7) is 3.67. The van der Waals surface area contributed by atoms with Crippen LogP contribution in [-0.2, 0) is 4.74 Å². The van der Waals surface area contributed by atoms with Gasteiger partial charge in [0.05, 0.1) is 6.61 Å². The van der Waals surface area contributed by atoms with Crippen LogP contribution in [0.25, 0.3) is 0 Å². The molecule has 0 spiro atoms. The van der Waals surface area contributed by atoms with Crippen LogP contribution in [0.15, 0.2) is 28.8 Å². The van der Waals surface area contributed by atoms with Crippen molar-refractivity contribution in [3.8, 4) is 5.75 Å². The molecule has 0 aliphatic carbocycles. The minimum Gasteiger partial charge on any atom is -0.481 e. The molecule has 2 aromatic rings. The van der Waals surface area contributed by atoms with Gasteiger partial charge in [-0.1, -0.05) is 17.7 Å². The lowest BCUT2D eigenvalue weighted by atomic mass is 10.3. The van der Waals surface area contributed by atoms with Crippen LogP contribution < -0.4 is 4.74 Å². The van der Waals surface area contributed by atoms with Crippen LogP contribution in [-0.4, -0.2) is 22.7 Å². The van der Waals surface area contributed by atoms with Crippen molar-refractivity contribution in [1.29, 1.82) is 0 Å². The van der Waals surface area contributed by atoms with Crippen LogP contribution in [0.1, 0.15) is 36.5 Å². The maximum Gasteiger partial charge on any atom is 0.379 e. The van der Waals surface area contributed by atoms with E-state index in [0.29, 0.717) is 10.8 Å². The Bertz CT molecular complexity index is 600. The van der Waals surface area contributed by atoms with Gasteiger partial charge in [-0.2, -0.15) is 4.98 Å². The third-order valence-electron chi connectivity index (χ3n) is 2.36. The first-order chi connectivity index (χ1) is 9.60. The van der Waals surface area contributed by atoms with Gasteiger partial charge in [-0.25, -0.2) is 4.79 Å². The van der Waals surface area contributed by atoms with Gasteiger partial charge in [0.25, 0.3) is 11.7 Å². The van der Waals surface area contributed by atoms with E-state index in [0.717, 1.165) is 0 Å². The van der Waals surface area contributed by atoms with Crippen LogP contribution in [0.4, 0.5) is 0 Å². The zero-order valence-corrected chi connectivity index (χ0v) is 11.8. The van der Waals surface area contributed by atoms with Crippen molar-refractivity contribution in [3.05, 3.63) is 41.0 Å². The van der Waals surface area contributed by atoms with Crippen molar-refractivity contribution >= 4 is 17.6 Å². The minimum atomic E-state index is -0.627. The molecular weight excluding hydrogens is 284 g/mol. The molecule has 0 amide bonds. The summed E-state index contributed by atoms with van der Waals surface area (Å²) in [5.41, 5.74) is 0. The summed E-state index contributed by atoms with van der Waals surface area (Å²) in [7, 11) is 0. The molecule has 0 saturated carbocycles. The topological polar surface area (TPSA) is 74.5 Å². The largest absolute Gasteiger partial charge is 0.481 e. The molecule has 1 aromatic heterocycles. The molecule has 7 heteroatoms. The highest BCUT2D eigenvalue weighted by atomic mass is 35.5. The van der Waals surface area contributed by atoms with Gasteiger partial charge in [0.15, 0.2) is 6.10 Å². The maximum atomic E-state index is 11.4. The first kappa shape index (κ1) is 14.3. The number of hydrogen-bond donors (Lipinski definition) is 0. The molecule has 20 heavy (non-hydrogen) atoms. The fraction of sp³-hybridized carbons (Fsp3) is 0.308. The first-order valence-electron chi connectivity index (χ1n) is 6.03. The zero-order chi connectivity index (χ0) is 14.5. The van der Waals surface area contributed by atoms with Crippen molar-refractivity contribution in [2.75, 3.05) is 6.61 Å². The molecule has 0 bridgehead atoms. The van der Waals surface area contributed by atoms with Gasteiger partial charge in [-0.15, -0.1) is 0 Å². The molecule has 6 nitrogen and oxygen atoms in total. The first-order valence-corrected chi connectivity index (χ1v) is 6.41. The second-order valence-electron chi connectivity index (χ2n) is 3.89. The number of rotatable bonds is 5. The summed E-state index contributed by atoms with van der Waals surface area (Å²) < 4.78 is 15.4. The Hall–Kier alpha value is -2.08. The molecule has 0 aliphatic heterocycles. The summed E-state index contributed by atoms with van der Waals surface area (Å²) in [6.07, 6.45) is -0.510. The molecular formula is C13H13ClN2O4. The third-order valence-corrected chi connectivity index (χ3v) is 2.59. The molecule has 2 rings (SSSR count). The van der Waals surface area contributed by atoms with Gasteiger partial charge >= 0.3 is 5.97 Å². The number of nitrogens with zero attached hydrogens (tertiary/aromatic N) is 2. The van der Waals surface area contributed by atoms with Crippen molar-refractivity contribution in [2.24, 2.45) is 0 Å². The van der Waals surface area contributed by atoms with E-state index in [2.05, 4.69) is 10.1 Å². The number of ether oxygens (including phenoxy) is 2. The Balaban J connectivity index is 2.06. The lowest BCUT2D eigenvalue weighted by Crippen LogP contribution is -2.08. The number of hydrogen-bond acceptors (Lipinski definition) is 6. The van der Waals surface area contributed by atoms with Crippen molar-refractivity contribution < 1.29 is 18.8 Å². The second-order valence-corrected chi connectivity index (χ2v) is 4.33. The number of carbonyl (C=O) groups is 1. The predicted octanol–water partition coefficient (Wildman–Crippen LogP) is 3.04. The fourth-order valence-electron chi connectivity index (χ4n) is 1.47. The van der Waals surface area contributed by atoms with E-state index in [1.807, 2.05) is 0 Å².